The van der Waals surface area contributed by atoms with E-state index in [4.69, 9.17) is 16.9 Å². The second kappa shape index (κ2) is 4.83. The summed E-state index contributed by atoms with van der Waals surface area (Å²) in [6.07, 6.45) is 0. The van der Waals surface area contributed by atoms with Gasteiger partial charge in [-0.3, -0.25) is 9.69 Å². The SMILES string of the molecule is CC(C)S[C@@H]1N(c2ccccc2)C(=O)[C@@]1(Cl)C#N. The van der Waals surface area contributed by atoms with Crippen LogP contribution in [-0.2, 0) is 4.79 Å². The average molecular weight is 281 g/mol. The van der Waals surface area contributed by atoms with Gasteiger partial charge in [-0.25, -0.2) is 0 Å². The molecule has 5 heteroatoms. The van der Waals surface area contributed by atoms with E-state index in [1.165, 1.54) is 11.8 Å². The predicted molar refractivity (Wildman–Crippen MR) is 74.6 cm³/mol. The van der Waals surface area contributed by atoms with Gasteiger partial charge in [0.2, 0.25) is 4.87 Å². The fourth-order valence-corrected chi connectivity index (χ4v) is 3.39. The molecule has 0 unspecified atom stereocenters. The third kappa shape index (κ3) is 1.98. The second-order valence-electron chi connectivity index (χ2n) is 4.37. The Kier molecular flexibility index (Phi) is 3.56. The Balaban J connectivity index is 2.32. The van der Waals surface area contributed by atoms with Crippen LogP contribution in [0, 0.1) is 11.3 Å². The fraction of sp³-hybridized carbons (Fsp3) is 0.385. The van der Waals surface area contributed by atoms with Gasteiger partial charge < -0.3 is 0 Å². The first-order valence-electron chi connectivity index (χ1n) is 5.65. The van der Waals surface area contributed by atoms with Crippen molar-refractivity contribution in [1.29, 1.82) is 5.26 Å². The van der Waals surface area contributed by atoms with Crippen LogP contribution in [-0.4, -0.2) is 21.4 Å². The Bertz CT molecular complexity index is 499. The molecular weight excluding hydrogens is 268 g/mol. The van der Waals surface area contributed by atoms with Gasteiger partial charge in [0, 0.05) is 10.9 Å². The molecule has 94 valence electrons. The van der Waals surface area contributed by atoms with Crippen LogP contribution in [0.1, 0.15) is 13.8 Å². The normalized spacial score (nSPS) is 26.9. The molecule has 0 aliphatic carbocycles. The summed E-state index contributed by atoms with van der Waals surface area (Å²) in [7, 11) is 0. The average Bonchev–Trinajstić information content (AvgIpc) is 2.38. The number of amides is 1. The van der Waals surface area contributed by atoms with E-state index in [-0.39, 0.29) is 11.3 Å². The number of rotatable bonds is 3. The Morgan fingerprint density at radius 2 is 2.06 bits per heavy atom. The summed E-state index contributed by atoms with van der Waals surface area (Å²) in [4.78, 5) is 12.2. The topological polar surface area (TPSA) is 44.1 Å². The third-order valence-corrected chi connectivity index (χ3v) is 4.65. The van der Waals surface area contributed by atoms with E-state index in [9.17, 15) is 4.79 Å². The van der Waals surface area contributed by atoms with Crippen molar-refractivity contribution in [3.05, 3.63) is 30.3 Å². The lowest BCUT2D eigenvalue weighted by atomic mass is 9.97. The van der Waals surface area contributed by atoms with E-state index in [0.717, 1.165) is 5.69 Å². The van der Waals surface area contributed by atoms with Crippen molar-refractivity contribution in [3.8, 4) is 6.07 Å². The van der Waals surface area contributed by atoms with Crippen molar-refractivity contribution in [3.63, 3.8) is 0 Å². The second-order valence-corrected chi connectivity index (χ2v) is 6.63. The van der Waals surface area contributed by atoms with Crippen molar-refractivity contribution in [2.75, 3.05) is 4.90 Å². The number of anilines is 1. The summed E-state index contributed by atoms with van der Waals surface area (Å²) in [6.45, 7) is 4.04. The van der Waals surface area contributed by atoms with Crippen molar-refractivity contribution in [2.24, 2.45) is 0 Å². The van der Waals surface area contributed by atoms with Crippen LogP contribution < -0.4 is 4.90 Å². The lowest BCUT2D eigenvalue weighted by Gasteiger charge is -2.48. The molecule has 1 aromatic rings. The van der Waals surface area contributed by atoms with Crippen LogP contribution in [0.25, 0.3) is 0 Å². The Labute approximate surface area is 116 Å². The molecule has 1 aliphatic heterocycles. The Morgan fingerprint density at radius 3 is 2.56 bits per heavy atom. The van der Waals surface area contributed by atoms with E-state index in [2.05, 4.69) is 0 Å². The fourth-order valence-electron chi connectivity index (χ4n) is 1.86. The van der Waals surface area contributed by atoms with Crippen LogP contribution in [0.3, 0.4) is 0 Å². The van der Waals surface area contributed by atoms with E-state index >= 15 is 0 Å². The van der Waals surface area contributed by atoms with Crippen LogP contribution >= 0.6 is 23.4 Å². The van der Waals surface area contributed by atoms with Gasteiger partial charge in [0.15, 0.2) is 0 Å². The van der Waals surface area contributed by atoms with Gasteiger partial charge in [-0.2, -0.15) is 5.26 Å². The number of para-hydroxylation sites is 1. The van der Waals surface area contributed by atoms with Crippen molar-refractivity contribution >= 4 is 35.0 Å². The molecule has 18 heavy (non-hydrogen) atoms. The lowest BCUT2D eigenvalue weighted by Crippen LogP contribution is -2.69. The molecule has 0 spiro atoms. The molecule has 1 aromatic carbocycles. The molecule has 0 bridgehead atoms. The van der Waals surface area contributed by atoms with Crippen LogP contribution in [0.2, 0.25) is 0 Å². The Hall–Kier alpha value is -1.18. The maximum atomic E-state index is 12.1. The molecule has 3 nitrogen and oxygen atoms in total. The summed E-state index contributed by atoms with van der Waals surface area (Å²) >= 11 is 7.65. The predicted octanol–water partition coefficient (Wildman–Crippen LogP) is 3.00. The zero-order valence-electron chi connectivity index (χ0n) is 10.1. The van der Waals surface area contributed by atoms with Crippen molar-refractivity contribution < 1.29 is 4.79 Å². The highest BCUT2D eigenvalue weighted by atomic mass is 35.5. The number of nitriles is 1. The highest BCUT2D eigenvalue weighted by Crippen LogP contribution is 2.46. The third-order valence-electron chi connectivity index (χ3n) is 2.70. The molecule has 2 rings (SSSR count). The summed E-state index contributed by atoms with van der Waals surface area (Å²) in [5, 5.41) is 9.08. The van der Waals surface area contributed by atoms with Crippen molar-refractivity contribution in [2.45, 2.75) is 29.3 Å². The molecular formula is C13H13ClN2OS. The van der Waals surface area contributed by atoms with Gasteiger partial charge in [0.25, 0.3) is 5.91 Å². The van der Waals surface area contributed by atoms with E-state index < -0.39 is 4.87 Å². The number of hydrogen-bond donors (Lipinski definition) is 0. The first kappa shape index (κ1) is 13.3. The maximum absolute atomic E-state index is 12.1. The molecule has 1 saturated heterocycles. The molecule has 1 amide bonds. The lowest BCUT2D eigenvalue weighted by molar-refractivity contribution is -0.124. The number of thioether (sulfide) groups is 1. The largest absolute Gasteiger partial charge is 0.294 e. The smallest absolute Gasteiger partial charge is 0.266 e. The van der Waals surface area contributed by atoms with Gasteiger partial charge in [0.1, 0.15) is 5.37 Å². The van der Waals surface area contributed by atoms with Crippen LogP contribution in [0.5, 0.6) is 0 Å². The molecule has 2 atom stereocenters. The number of alkyl halides is 1. The number of benzene rings is 1. The van der Waals surface area contributed by atoms with E-state index in [1.807, 2.05) is 50.2 Å². The zero-order valence-corrected chi connectivity index (χ0v) is 11.7. The van der Waals surface area contributed by atoms with E-state index in [1.54, 1.807) is 4.90 Å². The number of β-lactam (4-membered cyclic amide) rings is 1. The molecule has 1 fully saturated rings. The van der Waals surface area contributed by atoms with Crippen LogP contribution in [0.15, 0.2) is 30.3 Å². The number of nitrogens with zero attached hydrogens (tertiary/aromatic N) is 2. The number of carbonyl (C=O) groups excluding carboxylic acids is 1. The first-order valence-corrected chi connectivity index (χ1v) is 6.97. The number of hydrogen-bond acceptors (Lipinski definition) is 3. The van der Waals surface area contributed by atoms with Gasteiger partial charge in [-0.05, 0) is 12.1 Å². The maximum Gasteiger partial charge on any atom is 0.266 e. The molecule has 1 heterocycles. The minimum absolute atomic E-state index is 0.292. The molecule has 1 aliphatic rings. The molecule has 0 radical (unpaired) electrons. The van der Waals surface area contributed by atoms with Crippen LogP contribution in [0.4, 0.5) is 5.69 Å². The quantitative estimate of drug-likeness (QED) is 0.631. The summed E-state index contributed by atoms with van der Waals surface area (Å²) in [6, 6.07) is 11.2. The molecule has 0 saturated carbocycles. The van der Waals surface area contributed by atoms with Gasteiger partial charge >= 0.3 is 0 Å². The first-order chi connectivity index (χ1) is 8.50. The Morgan fingerprint density at radius 1 is 1.44 bits per heavy atom. The summed E-state index contributed by atoms with van der Waals surface area (Å²) in [5.41, 5.74) is 0.784. The molecule has 0 N–H and O–H groups in total. The standard InChI is InChI=1S/C13H13ClN2OS/c1-9(2)18-12-13(14,8-15)11(17)16(12)10-6-4-3-5-7-10/h3-7,9,12H,1-2H3/t12-,13-/m0/s1. The van der Waals surface area contributed by atoms with Gasteiger partial charge in [-0.15, -0.1) is 11.8 Å². The number of halogens is 1. The van der Waals surface area contributed by atoms with Crippen molar-refractivity contribution in [1.82, 2.24) is 0 Å². The van der Waals surface area contributed by atoms with Gasteiger partial charge in [-0.1, -0.05) is 43.6 Å². The summed E-state index contributed by atoms with van der Waals surface area (Å²) < 4.78 is 0. The summed E-state index contributed by atoms with van der Waals surface area (Å²) in [5.74, 6) is -0.337. The van der Waals surface area contributed by atoms with E-state index in [0.29, 0.717) is 5.25 Å². The highest BCUT2D eigenvalue weighted by Gasteiger charge is 2.62. The number of carbonyl (C=O) groups is 1. The minimum atomic E-state index is -1.43. The molecule has 0 aromatic heterocycles. The monoisotopic (exact) mass is 280 g/mol. The van der Waals surface area contributed by atoms with Gasteiger partial charge in [0.05, 0.1) is 6.07 Å². The highest BCUT2D eigenvalue weighted by molar-refractivity contribution is 8.00. The minimum Gasteiger partial charge on any atom is -0.294 e. The zero-order chi connectivity index (χ0) is 13.3.